The molecule has 116 valence electrons. The number of nitrogens with zero attached hydrogens (tertiary/aromatic N) is 1. The van der Waals surface area contributed by atoms with Gasteiger partial charge in [-0.2, -0.15) is 0 Å². The van der Waals surface area contributed by atoms with Crippen LogP contribution in [0.4, 0.5) is 0 Å². The number of hydrogen-bond acceptors (Lipinski definition) is 3. The van der Waals surface area contributed by atoms with E-state index in [9.17, 15) is 8.42 Å². The summed E-state index contributed by atoms with van der Waals surface area (Å²) in [6.45, 7) is 13.1. The lowest BCUT2D eigenvalue weighted by Crippen LogP contribution is -2.40. The SMILES string of the molecule is CCn1cc(S(=O)(=O)NC(C)(C)C)cc1CNC(C)C. The van der Waals surface area contributed by atoms with E-state index in [1.165, 1.54) is 0 Å². The molecule has 0 bridgehead atoms. The molecule has 1 rings (SSSR count). The smallest absolute Gasteiger partial charge is 0.242 e. The van der Waals surface area contributed by atoms with Crippen LogP contribution in [0.15, 0.2) is 17.2 Å². The molecule has 0 aromatic carbocycles. The first kappa shape index (κ1) is 17.2. The lowest BCUT2D eigenvalue weighted by Gasteiger charge is -2.19. The predicted octanol–water partition coefficient (Wildman–Crippen LogP) is 2.08. The first-order valence-electron chi connectivity index (χ1n) is 7.01. The third kappa shape index (κ3) is 4.92. The van der Waals surface area contributed by atoms with Gasteiger partial charge in [-0.05, 0) is 33.8 Å². The van der Waals surface area contributed by atoms with Crippen LogP contribution in [-0.4, -0.2) is 24.6 Å². The monoisotopic (exact) mass is 301 g/mol. The molecule has 0 aliphatic heterocycles. The number of hydrogen-bond donors (Lipinski definition) is 2. The summed E-state index contributed by atoms with van der Waals surface area (Å²) in [4.78, 5) is 0.329. The molecule has 2 N–H and O–H groups in total. The van der Waals surface area contributed by atoms with Crippen LogP contribution >= 0.6 is 0 Å². The molecule has 6 heteroatoms. The third-order valence-corrected chi connectivity index (χ3v) is 4.47. The highest BCUT2D eigenvalue weighted by Gasteiger charge is 2.23. The van der Waals surface area contributed by atoms with Crippen molar-refractivity contribution >= 4 is 10.0 Å². The van der Waals surface area contributed by atoms with Crippen LogP contribution in [-0.2, 0) is 23.1 Å². The minimum atomic E-state index is -3.47. The molecule has 0 aliphatic rings. The van der Waals surface area contributed by atoms with Gasteiger partial charge < -0.3 is 9.88 Å². The van der Waals surface area contributed by atoms with Crippen molar-refractivity contribution < 1.29 is 8.42 Å². The second-order valence-electron chi connectivity index (χ2n) is 6.34. The highest BCUT2D eigenvalue weighted by molar-refractivity contribution is 7.89. The molecule has 0 amide bonds. The molecule has 0 radical (unpaired) electrons. The maximum Gasteiger partial charge on any atom is 0.242 e. The Morgan fingerprint density at radius 3 is 2.35 bits per heavy atom. The number of rotatable bonds is 6. The van der Waals surface area contributed by atoms with Gasteiger partial charge >= 0.3 is 0 Å². The molecule has 0 fully saturated rings. The Morgan fingerprint density at radius 1 is 1.30 bits per heavy atom. The van der Waals surface area contributed by atoms with Gasteiger partial charge in [0, 0.05) is 36.6 Å². The molecule has 1 aromatic heterocycles. The first-order chi connectivity index (χ1) is 9.05. The van der Waals surface area contributed by atoms with Crippen molar-refractivity contribution in [1.29, 1.82) is 0 Å². The number of sulfonamides is 1. The van der Waals surface area contributed by atoms with E-state index in [0.717, 1.165) is 12.2 Å². The molecular weight excluding hydrogens is 274 g/mol. The summed E-state index contributed by atoms with van der Waals surface area (Å²) in [6, 6.07) is 2.11. The van der Waals surface area contributed by atoms with Gasteiger partial charge in [-0.15, -0.1) is 0 Å². The van der Waals surface area contributed by atoms with Crippen molar-refractivity contribution in [2.24, 2.45) is 0 Å². The zero-order valence-electron chi connectivity index (χ0n) is 13.3. The van der Waals surface area contributed by atoms with E-state index >= 15 is 0 Å². The average molecular weight is 301 g/mol. The van der Waals surface area contributed by atoms with Gasteiger partial charge in [0.05, 0.1) is 4.90 Å². The number of nitrogens with one attached hydrogen (secondary N) is 2. The summed E-state index contributed by atoms with van der Waals surface area (Å²) < 4.78 is 29.3. The van der Waals surface area contributed by atoms with Crippen molar-refractivity contribution in [3.63, 3.8) is 0 Å². The summed E-state index contributed by atoms with van der Waals surface area (Å²) in [5.41, 5.74) is 0.499. The van der Waals surface area contributed by atoms with Gasteiger partial charge in [-0.1, -0.05) is 13.8 Å². The molecule has 0 unspecified atom stereocenters. The molecule has 0 atom stereocenters. The van der Waals surface area contributed by atoms with E-state index < -0.39 is 15.6 Å². The second-order valence-corrected chi connectivity index (χ2v) is 8.03. The standard InChI is InChI=1S/C14H27N3O2S/c1-7-17-10-13(8-12(17)9-15-11(2)3)20(18,19)16-14(4,5)6/h8,10-11,15-16H,7,9H2,1-6H3. The van der Waals surface area contributed by atoms with Crippen LogP contribution in [0, 0.1) is 0 Å². The van der Waals surface area contributed by atoms with Gasteiger partial charge in [0.2, 0.25) is 10.0 Å². The van der Waals surface area contributed by atoms with Crippen molar-refractivity contribution in [3.05, 3.63) is 18.0 Å². The van der Waals surface area contributed by atoms with Gasteiger partial charge in [0.15, 0.2) is 0 Å². The van der Waals surface area contributed by atoms with Crippen LogP contribution in [0.2, 0.25) is 0 Å². The second kappa shape index (κ2) is 6.28. The highest BCUT2D eigenvalue weighted by atomic mass is 32.2. The normalized spacial score (nSPS) is 13.2. The zero-order valence-corrected chi connectivity index (χ0v) is 14.1. The van der Waals surface area contributed by atoms with E-state index in [-0.39, 0.29) is 0 Å². The Hall–Kier alpha value is -0.850. The zero-order chi connectivity index (χ0) is 15.6. The molecule has 1 heterocycles. The predicted molar refractivity (Wildman–Crippen MR) is 82.2 cm³/mol. The summed E-state index contributed by atoms with van der Waals surface area (Å²) in [6.07, 6.45) is 1.70. The maximum absolute atomic E-state index is 12.3. The lowest BCUT2D eigenvalue weighted by atomic mass is 10.1. The van der Waals surface area contributed by atoms with Crippen LogP contribution in [0.25, 0.3) is 0 Å². The fourth-order valence-electron chi connectivity index (χ4n) is 1.89. The summed E-state index contributed by atoms with van der Waals surface area (Å²) >= 11 is 0. The molecule has 0 aliphatic carbocycles. The van der Waals surface area contributed by atoms with Gasteiger partial charge in [-0.25, -0.2) is 13.1 Å². The highest BCUT2D eigenvalue weighted by Crippen LogP contribution is 2.17. The lowest BCUT2D eigenvalue weighted by molar-refractivity contribution is 0.491. The van der Waals surface area contributed by atoms with E-state index in [1.807, 2.05) is 32.3 Å². The first-order valence-corrected chi connectivity index (χ1v) is 8.50. The fraction of sp³-hybridized carbons (Fsp3) is 0.714. The quantitative estimate of drug-likeness (QED) is 0.845. The molecule has 0 saturated heterocycles. The maximum atomic E-state index is 12.3. The Labute approximate surface area is 122 Å². The largest absolute Gasteiger partial charge is 0.349 e. The third-order valence-electron chi connectivity index (χ3n) is 2.74. The van der Waals surface area contributed by atoms with Gasteiger partial charge in [0.1, 0.15) is 0 Å². The van der Waals surface area contributed by atoms with E-state index in [0.29, 0.717) is 17.5 Å². The van der Waals surface area contributed by atoms with Crippen LogP contribution in [0.3, 0.4) is 0 Å². The van der Waals surface area contributed by atoms with Crippen molar-refractivity contribution in [3.8, 4) is 0 Å². The summed E-state index contributed by atoms with van der Waals surface area (Å²) in [7, 11) is -3.47. The Balaban J connectivity index is 3.02. The van der Waals surface area contributed by atoms with Crippen LogP contribution in [0.1, 0.15) is 47.2 Å². The van der Waals surface area contributed by atoms with Gasteiger partial charge in [-0.3, -0.25) is 0 Å². The minimum Gasteiger partial charge on any atom is -0.349 e. The molecule has 0 spiro atoms. The summed E-state index contributed by atoms with van der Waals surface area (Å²) in [5, 5.41) is 3.31. The van der Waals surface area contributed by atoms with Crippen LogP contribution in [0.5, 0.6) is 0 Å². The van der Waals surface area contributed by atoms with E-state index in [4.69, 9.17) is 0 Å². The van der Waals surface area contributed by atoms with E-state index in [2.05, 4.69) is 23.9 Å². The minimum absolute atomic E-state index is 0.329. The average Bonchev–Trinajstić information content (AvgIpc) is 2.66. The Kier molecular flexibility index (Phi) is 5.40. The molecule has 1 aromatic rings. The van der Waals surface area contributed by atoms with E-state index in [1.54, 1.807) is 12.3 Å². The van der Waals surface area contributed by atoms with Crippen molar-refractivity contribution in [2.75, 3.05) is 0 Å². The number of aromatic nitrogens is 1. The number of aryl methyl sites for hydroxylation is 1. The van der Waals surface area contributed by atoms with Crippen LogP contribution < -0.4 is 10.0 Å². The van der Waals surface area contributed by atoms with Crippen molar-refractivity contribution in [1.82, 2.24) is 14.6 Å². The van der Waals surface area contributed by atoms with Gasteiger partial charge in [0.25, 0.3) is 0 Å². The summed E-state index contributed by atoms with van der Waals surface area (Å²) in [5.74, 6) is 0. The molecule has 0 saturated carbocycles. The molecule has 20 heavy (non-hydrogen) atoms. The molecular formula is C14H27N3O2S. The molecule has 5 nitrogen and oxygen atoms in total. The topological polar surface area (TPSA) is 63.1 Å². The Bertz CT molecular complexity index is 539. The van der Waals surface area contributed by atoms with Crippen molar-refractivity contribution in [2.45, 2.75) is 71.1 Å². The Morgan fingerprint density at radius 2 is 1.90 bits per heavy atom. The fourth-order valence-corrected chi connectivity index (χ4v) is 3.37.